The summed E-state index contributed by atoms with van der Waals surface area (Å²) in [6.45, 7) is -0.101. The number of alkyl halides is 3. The first kappa shape index (κ1) is 19.4. The number of rotatable bonds is 4. The smallest absolute Gasteiger partial charge is 0.326 e. The van der Waals surface area contributed by atoms with Gasteiger partial charge in [-0.15, -0.1) is 0 Å². The second kappa shape index (κ2) is 7.34. The number of hydrogen-bond acceptors (Lipinski definition) is 3. The normalized spacial score (nSPS) is 22.1. The summed E-state index contributed by atoms with van der Waals surface area (Å²) in [5.74, 6) is -1.95. The number of nitrogens with one attached hydrogen (secondary N) is 1. The van der Waals surface area contributed by atoms with Gasteiger partial charge in [-0.3, -0.25) is 19.3 Å². The third kappa shape index (κ3) is 4.00. The minimum Gasteiger partial charge on any atom is -0.326 e. The minimum absolute atomic E-state index is 0.0614. The van der Waals surface area contributed by atoms with E-state index < -0.39 is 22.7 Å². The Morgan fingerprint density at radius 2 is 1.74 bits per heavy atom. The number of benzene rings is 1. The van der Waals surface area contributed by atoms with Crippen LogP contribution in [0.25, 0.3) is 0 Å². The van der Waals surface area contributed by atoms with Crippen molar-refractivity contribution in [2.45, 2.75) is 25.4 Å². The van der Waals surface area contributed by atoms with E-state index in [0.29, 0.717) is 12.8 Å². The molecule has 1 aromatic carbocycles. The van der Waals surface area contributed by atoms with Gasteiger partial charge in [0.25, 0.3) is 0 Å². The second-order valence-corrected chi connectivity index (χ2v) is 6.88. The summed E-state index contributed by atoms with van der Waals surface area (Å²) in [6, 6.07) is 3.04. The first-order chi connectivity index (χ1) is 12.7. The monoisotopic (exact) mass is 400 g/mol. The molecule has 0 radical (unpaired) electrons. The molecule has 1 aromatic rings. The number of allylic oxidation sites excluding steroid dienone is 2. The molecule has 27 heavy (non-hydrogen) atoms. The molecule has 144 valence electrons. The number of likely N-dealkylation sites (tertiary alicyclic amines) is 1. The predicted octanol–water partition coefficient (Wildman–Crippen LogP) is 3.64. The first-order valence-corrected chi connectivity index (χ1v) is 8.73. The fourth-order valence-electron chi connectivity index (χ4n) is 3.35. The zero-order valence-corrected chi connectivity index (χ0v) is 14.8. The maximum Gasteiger partial charge on any atom is 0.417 e. The summed E-state index contributed by atoms with van der Waals surface area (Å²) >= 11 is 5.54. The van der Waals surface area contributed by atoms with Gasteiger partial charge in [-0.2, -0.15) is 13.2 Å². The third-order valence-electron chi connectivity index (χ3n) is 4.72. The van der Waals surface area contributed by atoms with E-state index in [1.54, 1.807) is 0 Å². The van der Waals surface area contributed by atoms with Crippen molar-refractivity contribution in [2.24, 2.45) is 11.8 Å². The van der Waals surface area contributed by atoms with E-state index in [0.717, 1.165) is 17.0 Å². The van der Waals surface area contributed by atoms with Crippen LogP contribution in [0, 0.1) is 11.8 Å². The molecule has 1 N–H and O–H groups in total. The van der Waals surface area contributed by atoms with E-state index in [9.17, 15) is 27.6 Å². The van der Waals surface area contributed by atoms with Crippen LogP contribution >= 0.6 is 11.6 Å². The van der Waals surface area contributed by atoms with E-state index in [4.69, 9.17) is 11.6 Å². The van der Waals surface area contributed by atoms with Crippen LogP contribution in [0.3, 0.4) is 0 Å². The Kier molecular flexibility index (Phi) is 5.28. The molecule has 1 aliphatic heterocycles. The Labute approximate surface area is 158 Å². The maximum atomic E-state index is 12.9. The highest BCUT2D eigenvalue weighted by Gasteiger charge is 2.46. The molecule has 1 aliphatic carbocycles. The largest absolute Gasteiger partial charge is 0.417 e. The van der Waals surface area contributed by atoms with E-state index in [2.05, 4.69) is 5.32 Å². The average molecular weight is 401 g/mol. The summed E-state index contributed by atoms with van der Waals surface area (Å²) in [4.78, 5) is 37.8. The standard InChI is InChI=1S/C18H16ClF3N2O3/c19-14-6-5-10(9-13(14)18(20,21)22)23-15(25)7-8-24-16(26)11-3-1-2-4-12(11)17(24)27/h1-2,5-6,9,11-12H,3-4,7-8H2,(H,23,25)/t11-,12+. The SMILES string of the molecule is O=C(CCN1C(=O)[C@H]2CC=CC[C@H]2C1=O)Nc1ccc(Cl)c(C(F)(F)F)c1. The first-order valence-electron chi connectivity index (χ1n) is 8.35. The fourth-order valence-corrected chi connectivity index (χ4v) is 3.57. The number of carbonyl (C=O) groups is 3. The van der Waals surface area contributed by atoms with Crippen LogP contribution in [0.2, 0.25) is 5.02 Å². The average Bonchev–Trinajstić information content (AvgIpc) is 2.85. The molecule has 0 spiro atoms. The lowest BCUT2D eigenvalue weighted by Gasteiger charge is -2.15. The molecule has 0 aromatic heterocycles. The lowest BCUT2D eigenvalue weighted by molar-refractivity contribution is -0.140. The number of nitrogens with zero attached hydrogens (tertiary/aromatic N) is 1. The van der Waals surface area contributed by atoms with Crippen molar-refractivity contribution >= 4 is 35.0 Å². The van der Waals surface area contributed by atoms with E-state index >= 15 is 0 Å². The molecule has 3 amide bonds. The van der Waals surface area contributed by atoms with Gasteiger partial charge in [0.2, 0.25) is 17.7 Å². The molecule has 1 saturated heterocycles. The summed E-state index contributed by atoms with van der Waals surface area (Å²) in [5.41, 5.74) is -1.11. The highest BCUT2D eigenvalue weighted by molar-refractivity contribution is 6.31. The summed E-state index contributed by atoms with van der Waals surface area (Å²) < 4.78 is 38.6. The Bertz CT molecular complexity index is 797. The van der Waals surface area contributed by atoms with Crippen LogP contribution in [0.1, 0.15) is 24.8 Å². The number of halogens is 4. The van der Waals surface area contributed by atoms with Gasteiger partial charge in [0.15, 0.2) is 0 Å². The van der Waals surface area contributed by atoms with Gasteiger partial charge in [-0.25, -0.2) is 0 Å². The number of fused-ring (bicyclic) bond motifs is 1. The Morgan fingerprint density at radius 3 is 2.30 bits per heavy atom. The van der Waals surface area contributed by atoms with Crippen molar-refractivity contribution in [2.75, 3.05) is 11.9 Å². The number of amides is 3. The molecule has 2 aliphatic rings. The molecule has 5 nitrogen and oxygen atoms in total. The van der Waals surface area contributed by atoms with Crippen molar-refractivity contribution in [3.63, 3.8) is 0 Å². The molecule has 3 rings (SSSR count). The van der Waals surface area contributed by atoms with Crippen molar-refractivity contribution in [3.8, 4) is 0 Å². The lowest BCUT2D eigenvalue weighted by Crippen LogP contribution is -2.34. The topological polar surface area (TPSA) is 66.5 Å². The van der Waals surface area contributed by atoms with Gasteiger partial charge >= 0.3 is 6.18 Å². The zero-order chi connectivity index (χ0) is 19.8. The molecule has 9 heteroatoms. The number of hydrogen-bond donors (Lipinski definition) is 1. The van der Waals surface area contributed by atoms with Crippen molar-refractivity contribution in [3.05, 3.63) is 40.9 Å². The molecule has 1 fully saturated rings. The molecular formula is C18H16ClF3N2O3. The molecule has 0 bridgehead atoms. The van der Waals surface area contributed by atoms with Gasteiger partial charge in [0.1, 0.15) is 0 Å². The number of imide groups is 1. The van der Waals surface area contributed by atoms with Gasteiger partial charge in [-0.1, -0.05) is 23.8 Å². The van der Waals surface area contributed by atoms with E-state index in [-0.39, 0.29) is 42.3 Å². The third-order valence-corrected chi connectivity index (χ3v) is 5.05. The highest BCUT2D eigenvalue weighted by Crippen LogP contribution is 2.37. The van der Waals surface area contributed by atoms with Crippen LogP contribution < -0.4 is 5.32 Å². The number of anilines is 1. The van der Waals surface area contributed by atoms with Crippen LogP contribution in [0.5, 0.6) is 0 Å². The summed E-state index contributed by atoms with van der Waals surface area (Å²) in [6.07, 6.45) is -0.112. The lowest BCUT2D eigenvalue weighted by atomic mass is 9.85. The Morgan fingerprint density at radius 1 is 1.15 bits per heavy atom. The van der Waals surface area contributed by atoms with Crippen LogP contribution in [0.4, 0.5) is 18.9 Å². The van der Waals surface area contributed by atoms with E-state index in [1.807, 2.05) is 12.2 Å². The summed E-state index contributed by atoms with van der Waals surface area (Å²) in [5, 5.41) is 1.87. The predicted molar refractivity (Wildman–Crippen MR) is 91.8 cm³/mol. The molecule has 0 unspecified atom stereocenters. The molecular weight excluding hydrogens is 385 g/mol. The van der Waals surface area contributed by atoms with Crippen molar-refractivity contribution in [1.82, 2.24) is 4.90 Å². The van der Waals surface area contributed by atoms with Gasteiger partial charge in [0, 0.05) is 18.7 Å². The van der Waals surface area contributed by atoms with Gasteiger partial charge < -0.3 is 5.32 Å². The van der Waals surface area contributed by atoms with Crippen LogP contribution in [0.15, 0.2) is 30.4 Å². The summed E-state index contributed by atoms with van der Waals surface area (Å²) in [7, 11) is 0. The zero-order valence-electron chi connectivity index (χ0n) is 14.1. The quantitative estimate of drug-likeness (QED) is 0.620. The Balaban J connectivity index is 1.61. The van der Waals surface area contributed by atoms with Crippen molar-refractivity contribution < 1.29 is 27.6 Å². The molecule has 0 saturated carbocycles. The number of carbonyl (C=O) groups excluding carboxylic acids is 3. The maximum absolute atomic E-state index is 12.9. The highest BCUT2D eigenvalue weighted by atomic mass is 35.5. The fraction of sp³-hybridized carbons (Fsp3) is 0.389. The van der Waals surface area contributed by atoms with Gasteiger partial charge in [-0.05, 0) is 31.0 Å². The molecule has 2 atom stereocenters. The second-order valence-electron chi connectivity index (χ2n) is 6.47. The van der Waals surface area contributed by atoms with Crippen LogP contribution in [-0.4, -0.2) is 29.2 Å². The Hall–Kier alpha value is -2.35. The van der Waals surface area contributed by atoms with Crippen molar-refractivity contribution in [1.29, 1.82) is 0 Å². The molecule has 1 heterocycles. The minimum atomic E-state index is -4.64. The van der Waals surface area contributed by atoms with Crippen LogP contribution in [-0.2, 0) is 20.6 Å². The van der Waals surface area contributed by atoms with E-state index in [1.165, 1.54) is 6.07 Å². The van der Waals surface area contributed by atoms with Gasteiger partial charge in [0.05, 0.1) is 22.4 Å².